The molecule has 0 unspecified atom stereocenters. The largest absolute Gasteiger partial charge is 0.370 e. The van der Waals surface area contributed by atoms with Gasteiger partial charge in [-0.15, -0.1) is 11.3 Å². The van der Waals surface area contributed by atoms with Gasteiger partial charge in [-0.25, -0.2) is 4.39 Å². The number of anilines is 1. The molecule has 0 spiro atoms. The molecule has 2 heterocycles. The maximum absolute atomic E-state index is 13.3. The molecule has 0 aliphatic carbocycles. The van der Waals surface area contributed by atoms with E-state index in [1.807, 2.05) is 18.2 Å². The number of nitrogens with zero attached hydrogens (tertiary/aromatic N) is 1. The minimum atomic E-state index is -0.156. The fourth-order valence-electron chi connectivity index (χ4n) is 2.52. The molecule has 106 valence electrons. The lowest BCUT2D eigenvalue weighted by Gasteiger charge is -2.19. The van der Waals surface area contributed by atoms with Crippen molar-refractivity contribution < 1.29 is 4.39 Å². The van der Waals surface area contributed by atoms with Gasteiger partial charge >= 0.3 is 0 Å². The third-order valence-electron chi connectivity index (χ3n) is 3.53. The summed E-state index contributed by atoms with van der Waals surface area (Å²) in [4.78, 5) is 3.48. The summed E-state index contributed by atoms with van der Waals surface area (Å²) in [5.41, 5.74) is 2.29. The van der Waals surface area contributed by atoms with Crippen LogP contribution in [0.25, 0.3) is 0 Å². The van der Waals surface area contributed by atoms with E-state index < -0.39 is 0 Å². The van der Waals surface area contributed by atoms with E-state index in [2.05, 4.69) is 10.2 Å². The minimum Gasteiger partial charge on any atom is -0.370 e. The van der Waals surface area contributed by atoms with Crippen LogP contribution in [0.1, 0.15) is 10.4 Å². The van der Waals surface area contributed by atoms with Gasteiger partial charge in [0, 0.05) is 36.7 Å². The number of nitrogens with one attached hydrogen (secondary N) is 1. The summed E-state index contributed by atoms with van der Waals surface area (Å²) in [6.07, 6.45) is 1.01. The van der Waals surface area contributed by atoms with Crippen LogP contribution in [0.4, 0.5) is 10.1 Å². The van der Waals surface area contributed by atoms with Crippen molar-refractivity contribution in [1.82, 2.24) is 5.32 Å². The minimum absolute atomic E-state index is 0.156. The zero-order valence-electron chi connectivity index (χ0n) is 11.0. The number of benzene rings is 1. The summed E-state index contributed by atoms with van der Waals surface area (Å²) in [7, 11) is 0. The first-order chi connectivity index (χ1) is 9.72. The van der Waals surface area contributed by atoms with Crippen molar-refractivity contribution in [2.24, 2.45) is 0 Å². The molecule has 5 heteroatoms. The Morgan fingerprint density at radius 3 is 3.00 bits per heavy atom. The SMILES string of the molecule is Fc1ccc2c(c1)N(CCNCc1ccc(Cl)s1)CC2. The van der Waals surface area contributed by atoms with Crippen molar-refractivity contribution in [3.05, 3.63) is 50.9 Å². The Labute approximate surface area is 127 Å². The van der Waals surface area contributed by atoms with Crippen molar-refractivity contribution >= 4 is 28.6 Å². The normalized spacial score (nSPS) is 13.8. The van der Waals surface area contributed by atoms with E-state index in [0.29, 0.717) is 0 Å². The van der Waals surface area contributed by atoms with Crippen LogP contribution in [0.2, 0.25) is 4.34 Å². The second-order valence-electron chi connectivity index (χ2n) is 4.89. The highest BCUT2D eigenvalue weighted by Crippen LogP contribution is 2.28. The molecule has 2 nitrogen and oxygen atoms in total. The summed E-state index contributed by atoms with van der Waals surface area (Å²) in [6.45, 7) is 3.59. The number of fused-ring (bicyclic) bond motifs is 1. The molecule has 0 atom stereocenters. The number of thiophene rings is 1. The number of halogens is 2. The van der Waals surface area contributed by atoms with Crippen LogP contribution in [0.5, 0.6) is 0 Å². The van der Waals surface area contributed by atoms with Gasteiger partial charge in [-0.1, -0.05) is 17.7 Å². The first kappa shape index (κ1) is 13.9. The fraction of sp³-hybridized carbons (Fsp3) is 0.333. The molecule has 20 heavy (non-hydrogen) atoms. The second kappa shape index (κ2) is 6.12. The van der Waals surface area contributed by atoms with Gasteiger partial charge < -0.3 is 10.2 Å². The van der Waals surface area contributed by atoms with Crippen LogP contribution in [-0.4, -0.2) is 19.6 Å². The molecule has 1 aliphatic rings. The Hall–Kier alpha value is -1.10. The van der Waals surface area contributed by atoms with Crippen LogP contribution >= 0.6 is 22.9 Å². The fourth-order valence-corrected chi connectivity index (χ4v) is 3.58. The van der Waals surface area contributed by atoms with E-state index in [1.165, 1.54) is 10.4 Å². The van der Waals surface area contributed by atoms with Gasteiger partial charge in [-0.2, -0.15) is 0 Å². The van der Waals surface area contributed by atoms with Crippen molar-refractivity contribution in [1.29, 1.82) is 0 Å². The van der Waals surface area contributed by atoms with E-state index in [1.54, 1.807) is 23.5 Å². The van der Waals surface area contributed by atoms with Crippen LogP contribution < -0.4 is 10.2 Å². The highest BCUT2D eigenvalue weighted by Gasteiger charge is 2.18. The summed E-state index contributed by atoms with van der Waals surface area (Å²) in [5.74, 6) is -0.156. The number of hydrogen-bond acceptors (Lipinski definition) is 3. The van der Waals surface area contributed by atoms with Crippen molar-refractivity contribution in [2.45, 2.75) is 13.0 Å². The Morgan fingerprint density at radius 1 is 1.30 bits per heavy atom. The van der Waals surface area contributed by atoms with Gasteiger partial charge in [0.05, 0.1) is 4.34 Å². The highest BCUT2D eigenvalue weighted by molar-refractivity contribution is 7.16. The zero-order chi connectivity index (χ0) is 13.9. The molecular weight excluding hydrogens is 295 g/mol. The average molecular weight is 311 g/mol. The van der Waals surface area contributed by atoms with E-state index in [9.17, 15) is 4.39 Å². The average Bonchev–Trinajstić information content (AvgIpc) is 3.01. The number of rotatable bonds is 5. The van der Waals surface area contributed by atoms with Crippen LogP contribution in [0.3, 0.4) is 0 Å². The third-order valence-corrected chi connectivity index (χ3v) is 4.76. The molecule has 0 amide bonds. The lowest BCUT2D eigenvalue weighted by Crippen LogP contribution is -2.30. The van der Waals surface area contributed by atoms with Gasteiger partial charge in [-0.05, 0) is 36.2 Å². The number of hydrogen-bond donors (Lipinski definition) is 1. The molecule has 1 aromatic carbocycles. The second-order valence-corrected chi connectivity index (χ2v) is 6.69. The first-order valence-electron chi connectivity index (χ1n) is 6.71. The predicted molar refractivity (Wildman–Crippen MR) is 83.4 cm³/mol. The molecule has 0 saturated carbocycles. The zero-order valence-corrected chi connectivity index (χ0v) is 12.6. The van der Waals surface area contributed by atoms with Crippen LogP contribution in [0, 0.1) is 5.82 Å². The Kier molecular flexibility index (Phi) is 4.24. The highest BCUT2D eigenvalue weighted by atomic mass is 35.5. The Balaban J connectivity index is 1.49. The molecule has 2 aromatic rings. The predicted octanol–water partition coefficient (Wildman–Crippen LogP) is 3.69. The summed E-state index contributed by atoms with van der Waals surface area (Å²) >= 11 is 7.50. The molecule has 1 aliphatic heterocycles. The molecule has 1 N–H and O–H groups in total. The summed E-state index contributed by atoms with van der Waals surface area (Å²) in [6, 6.07) is 9.04. The monoisotopic (exact) mass is 310 g/mol. The Morgan fingerprint density at radius 2 is 2.20 bits per heavy atom. The summed E-state index contributed by atoms with van der Waals surface area (Å²) in [5, 5.41) is 3.40. The lowest BCUT2D eigenvalue weighted by atomic mass is 10.2. The van der Waals surface area contributed by atoms with Gasteiger partial charge in [-0.3, -0.25) is 0 Å². The van der Waals surface area contributed by atoms with Crippen molar-refractivity contribution in [2.75, 3.05) is 24.5 Å². The van der Waals surface area contributed by atoms with Gasteiger partial charge in [0.25, 0.3) is 0 Å². The van der Waals surface area contributed by atoms with Crippen LogP contribution in [0.15, 0.2) is 30.3 Å². The van der Waals surface area contributed by atoms with E-state index >= 15 is 0 Å². The van der Waals surface area contributed by atoms with Crippen LogP contribution in [-0.2, 0) is 13.0 Å². The lowest BCUT2D eigenvalue weighted by molar-refractivity contribution is 0.626. The molecule has 0 radical (unpaired) electrons. The quantitative estimate of drug-likeness (QED) is 0.847. The topological polar surface area (TPSA) is 15.3 Å². The molecule has 1 aromatic heterocycles. The maximum atomic E-state index is 13.3. The Bertz CT molecular complexity index is 599. The van der Waals surface area contributed by atoms with E-state index in [-0.39, 0.29) is 5.82 Å². The molecular formula is C15H16ClFN2S. The standard InChI is InChI=1S/C15H16ClFN2S/c16-15-4-3-13(20-15)10-18-6-8-19-7-5-11-1-2-12(17)9-14(11)19/h1-4,9,18H,5-8,10H2. The molecule has 0 bridgehead atoms. The van der Waals surface area contributed by atoms with Crippen molar-refractivity contribution in [3.8, 4) is 0 Å². The molecule has 3 rings (SSSR count). The smallest absolute Gasteiger partial charge is 0.125 e. The van der Waals surface area contributed by atoms with Gasteiger partial charge in [0.15, 0.2) is 0 Å². The third kappa shape index (κ3) is 3.14. The molecule has 0 fully saturated rings. The first-order valence-corrected chi connectivity index (χ1v) is 7.90. The summed E-state index contributed by atoms with van der Waals surface area (Å²) < 4.78 is 14.1. The van der Waals surface area contributed by atoms with Crippen molar-refractivity contribution in [3.63, 3.8) is 0 Å². The van der Waals surface area contributed by atoms with Gasteiger partial charge in [0.1, 0.15) is 5.82 Å². The van der Waals surface area contributed by atoms with E-state index in [0.717, 1.165) is 42.6 Å². The van der Waals surface area contributed by atoms with E-state index in [4.69, 9.17) is 11.6 Å². The molecule has 0 saturated heterocycles. The van der Waals surface area contributed by atoms with Gasteiger partial charge in [0.2, 0.25) is 0 Å². The maximum Gasteiger partial charge on any atom is 0.125 e.